The van der Waals surface area contributed by atoms with Crippen LogP contribution in [0.25, 0.3) is 0 Å². The average molecular weight is 646 g/mol. The van der Waals surface area contributed by atoms with Crippen LogP contribution in [0.4, 0.5) is 0 Å². The van der Waals surface area contributed by atoms with Crippen LogP contribution >= 0.6 is 0 Å². The SMILES string of the molecule is C#C.C/C=C(C)/C(C)=C/C.C=CCC.CCC.CCC1CC(CC/C=C\C=C(C)C)C1.Cc1ccc(CNC2CCC(C)CC2)cc1. The molecule has 0 aliphatic heterocycles. The lowest BCUT2D eigenvalue weighted by atomic mass is 9.72. The Morgan fingerprint density at radius 2 is 1.34 bits per heavy atom. The zero-order valence-electron chi connectivity index (χ0n) is 33.4. The molecule has 0 atom stereocenters. The molecule has 0 bridgehead atoms. The highest BCUT2D eigenvalue weighted by molar-refractivity contribution is 5.25. The van der Waals surface area contributed by atoms with E-state index in [2.05, 4.69) is 162 Å². The monoisotopic (exact) mass is 646 g/mol. The van der Waals surface area contributed by atoms with Gasteiger partial charge in [-0.05, 0) is 130 Å². The second-order valence-electron chi connectivity index (χ2n) is 13.5. The van der Waals surface area contributed by atoms with Crippen molar-refractivity contribution in [1.29, 1.82) is 0 Å². The van der Waals surface area contributed by atoms with Crippen LogP contribution < -0.4 is 5.32 Å². The van der Waals surface area contributed by atoms with Gasteiger partial charge in [0.2, 0.25) is 0 Å². The van der Waals surface area contributed by atoms with Gasteiger partial charge in [-0.3, -0.25) is 0 Å². The van der Waals surface area contributed by atoms with E-state index >= 15 is 0 Å². The van der Waals surface area contributed by atoms with Crippen LogP contribution in [-0.2, 0) is 6.54 Å². The molecule has 2 fully saturated rings. The predicted octanol–water partition coefficient (Wildman–Crippen LogP) is 14.6. The van der Waals surface area contributed by atoms with Crippen LogP contribution in [0.1, 0.15) is 158 Å². The molecule has 268 valence electrons. The average Bonchev–Trinajstić information content (AvgIpc) is 3.07. The topological polar surface area (TPSA) is 12.0 Å². The molecule has 0 saturated heterocycles. The van der Waals surface area contributed by atoms with Gasteiger partial charge in [0, 0.05) is 12.6 Å². The Balaban J connectivity index is -0.000000567. The van der Waals surface area contributed by atoms with Crippen LogP contribution in [0.5, 0.6) is 0 Å². The third kappa shape index (κ3) is 30.5. The highest BCUT2D eigenvalue weighted by Crippen LogP contribution is 2.38. The highest BCUT2D eigenvalue weighted by Gasteiger charge is 2.26. The fourth-order valence-corrected chi connectivity index (χ4v) is 5.02. The van der Waals surface area contributed by atoms with Crippen molar-refractivity contribution >= 4 is 0 Å². The standard InChI is InChI=1S/C15H23N.C14H24.C8H14.C4H8.C3H8.C2H2/c1-12-3-7-14(8-4-12)11-16-15-9-5-13(2)6-10-15;1-4-13-10-14(11-13)9-7-5-6-8-12(2)3;1-5-7(3)8(4)6-2;1-3-4-2;1-3-2;1-2/h3-4,7-8,13,15-16H,5-6,9-11H2,1-2H3;5-6,8,13-14H,4,7,9-11H2,1-3H3;5-6H,1-4H3;3H,1,4H2,2H3;3H2,1-2H3;1-2H/b;6-5-;7-5+,8-6+;;;. The lowest BCUT2D eigenvalue weighted by Crippen LogP contribution is -2.32. The first-order valence-corrected chi connectivity index (χ1v) is 18.8. The van der Waals surface area contributed by atoms with Gasteiger partial charge in [-0.1, -0.05) is 130 Å². The first-order valence-electron chi connectivity index (χ1n) is 18.8. The molecule has 3 rings (SSSR count). The summed E-state index contributed by atoms with van der Waals surface area (Å²) in [6, 6.07) is 9.60. The summed E-state index contributed by atoms with van der Waals surface area (Å²) in [4.78, 5) is 0. The molecule has 1 aromatic rings. The highest BCUT2D eigenvalue weighted by atomic mass is 14.9. The number of benzene rings is 1. The number of allylic oxidation sites excluding steroid dienone is 9. The summed E-state index contributed by atoms with van der Waals surface area (Å²) in [6.45, 7) is 30.3. The molecule has 0 radical (unpaired) electrons. The number of hydrogen-bond acceptors (Lipinski definition) is 1. The maximum atomic E-state index is 4.00. The Morgan fingerprint density at radius 1 is 0.851 bits per heavy atom. The molecule has 0 spiro atoms. The molecular formula is C46H79N. The van der Waals surface area contributed by atoms with Gasteiger partial charge in [-0.15, -0.1) is 19.4 Å². The summed E-state index contributed by atoms with van der Waals surface area (Å²) < 4.78 is 0. The van der Waals surface area contributed by atoms with Crippen molar-refractivity contribution in [3.63, 3.8) is 0 Å². The first-order chi connectivity index (χ1) is 22.5. The summed E-state index contributed by atoms with van der Waals surface area (Å²) in [6.07, 6.45) is 35.7. The molecule has 1 heteroatoms. The van der Waals surface area contributed by atoms with Crippen molar-refractivity contribution in [2.45, 2.75) is 166 Å². The van der Waals surface area contributed by atoms with Crippen molar-refractivity contribution in [3.8, 4) is 12.8 Å². The molecule has 1 N–H and O–H groups in total. The minimum Gasteiger partial charge on any atom is -0.310 e. The van der Waals surface area contributed by atoms with Crippen LogP contribution in [0.3, 0.4) is 0 Å². The van der Waals surface area contributed by atoms with E-state index in [-0.39, 0.29) is 0 Å². The van der Waals surface area contributed by atoms with Crippen molar-refractivity contribution in [3.05, 3.63) is 95.1 Å². The smallest absolute Gasteiger partial charge is 0.0208 e. The molecule has 47 heavy (non-hydrogen) atoms. The molecule has 1 nitrogen and oxygen atoms in total. The van der Waals surface area contributed by atoms with Gasteiger partial charge < -0.3 is 5.32 Å². The Morgan fingerprint density at radius 3 is 1.74 bits per heavy atom. The van der Waals surface area contributed by atoms with Crippen molar-refractivity contribution in [1.82, 2.24) is 5.32 Å². The number of aryl methyl sites for hydroxylation is 1. The summed E-state index contributed by atoms with van der Waals surface area (Å²) in [7, 11) is 0. The third-order valence-corrected chi connectivity index (χ3v) is 8.73. The van der Waals surface area contributed by atoms with Crippen LogP contribution in [0.15, 0.2) is 84.0 Å². The lowest BCUT2D eigenvalue weighted by molar-refractivity contribution is 0.178. The summed E-state index contributed by atoms with van der Waals surface area (Å²) in [5.41, 5.74) is 6.87. The summed E-state index contributed by atoms with van der Waals surface area (Å²) >= 11 is 0. The molecule has 0 amide bonds. The Labute approximate surface area is 296 Å². The van der Waals surface area contributed by atoms with E-state index in [1.165, 1.54) is 92.1 Å². The maximum absolute atomic E-state index is 4.00. The van der Waals surface area contributed by atoms with Gasteiger partial charge in [-0.25, -0.2) is 0 Å². The van der Waals surface area contributed by atoms with Gasteiger partial charge in [0.25, 0.3) is 0 Å². The van der Waals surface area contributed by atoms with E-state index in [4.69, 9.17) is 0 Å². The molecule has 2 aliphatic carbocycles. The quantitative estimate of drug-likeness (QED) is 0.152. The third-order valence-electron chi connectivity index (χ3n) is 8.73. The van der Waals surface area contributed by atoms with Crippen LogP contribution in [0, 0.1) is 37.5 Å². The molecule has 0 unspecified atom stereocenters. The zero-order chi connectivity index (χ0) is 36.5. The van der Waals surface area contributed by atoms with E-state index in [0.29, 0.717) is 0 Å². The number of nitrogens with one attached hydrogen (secondary N) is 1. The number of terminal acetylenes is 1. The lowest BCUT2D eigenvalue weighted by Gasteiger charge is -2.34. The van der Waals surface area contributed by atoms with E-state index in [0.717, 1.165) is 36.8 Å². The second-order valence-corrected chi connectivity index (χ2v) is 13.5. The number of rotatable bonds is 10. The van der Waals surface area contributed by atoms with Gasteiger partial charge >= 0.3 is 0 Å². The molecule has 0 heterocycles. The maximum Gasteiger partial charge on any atom is 0.0208 e. The number of hydrogen-bond donors (Lipinski definition) is 1. The van der Waals surface area contributed by atoms with Gasteiger partial charge in [-0.2, -0.15) is 0 Å². The van der Waals surface area contributed by atoms with Crippen molar-refractivity contribution in [2.75, 3.05) is 0 Å². The molecule has 1 aromatic carbocycles. The van der Waals surface area contributed by atoms with Crippen LogP contribution in [0.2, 0.25) is 0 Å². The normalized spacial score (nSPS) is 20.0. The van der Waals surface area contributed by atoms with Crippen LogP contribution in [-0.4, -0.2) is 6.04 Å². The molecular weight excluding hydrogens is 567 g/mol. The van der Waals surface area contributed by atoms with Crippen molar-refractivity contribution < 1.29 is 0 Å². The van der Waals surface area contributed by atoms with E-state index in [1.807, 2.05) is 6.08 Å². The second kappa shape index (κ2) is 34.8. The Kier molecular flexibility index (Phi) is 36.1. The largest absolute Gasteiger partial charge is 0.310 e. The van der Waals surface area contributed by atoms with E-state index in [9.17, 15) is 0 Å². The fraction of sp³-hybridized carbons (Fsp3) is 0.609. The summed E-state index contributed by atoms with van der Waals surface area (Å²) in [5.74, 6) is 3.04. The summed E-state index contributed by atoms with van der Waals surface area (Å²) in [5, 5.41) is 3.68. The minimum absolute atomic E-state index is 0.748. The minimum atomic E-state index is 0.748. The van der Waals surface area contributed by atoms with E-state index < -0.39 is 0 Å². The fourth-order valence-electron chi connectivity index (χ4n) is 5.02. The van der Waals surface area contributed by atoms with E-state index in [1.54, 1.807) is 0 Å². The molecule has 2 aliphatic rings. The predicted molar refractivity (Wildman–Crippen MR) is 219 cm³/mol. The van der Waals surface area contributed by atoms with Crippen molar-refractivity contribution in [2.24, 2.45) is 17.8 Å². The first kappa shape index (κ1) is 48.8. The molecule has 2 saturated carbocycles. The Bertz CT molecular complexity index is 950. The van der Waals surface area contributed by atoms with Gasteiger partial charge in [0.1, 0.15) is 0 Å². The van der Waals surface area contributed by atoms with Gasteiger partial charge in [0.15, 0.2) is 0 Å². The zero-order valence-corrected chi connectivity index (χ0v) is 33.4. The van der Waals surface area contributed by atoms with Gasteiger partial charge in [0.05, 0.1) is 0 Å². The Hall–Kier alpha value is -2.56. The molecule has 0 aromatic heterocycles.